The number of nitrogens with zero attached hydrogens (tertiary/aromatic N) is 2. The van der Waals surface area contributed by atoms with Crippen LogP contribution in [0.15, 0.2) is 10.7 Å². The van der Waals surface area contributed by atoms with Gasteiger partial charge in [0, 0.05) is 6.20 Å². The molecule has 0 radical (unpaired) electrons. The second-order valence-electron chi connectivity index (χ2n) is 2.51. The molecule has 0 amide bonds. The fraction of sp³-hybridized carbons (Fsp3) is 0.286. The smallest absolute Gasteiger partial charge is 0.259 e. The van der Waals surface area contributed by atoms with Crippen molar-refractivity contribution in [2.24, 2.45) is 0 Å². The van der Waals surface area contributed by atoms with Crippen LogP contribution in [0.4, 0.5) is 14.5 Å². The van der Waals surface area contributed by atoms with Crippen LogP contribution < -0.4 is 0 Å². The maximum atomic E-state index is 12.5. The van der Waals surface area contributed by atoms with Crippen molar-refractivity contribution in [2.75, 3.05) is 0 Å². The Morgan fingerprint density at radius 3 is 2.57 bits per heavy atom. The molecule has 0 N–H and O–H groups in total. The molecule has 1 heterocycles. The third kappa shape index (κ3) is 1.87. The van der Waals surface area contributed by atoms with E-state index in [1.165, 1.54) is 6.92 Å². The predicted octanol–water partition coefficient (Wildman–Crippen LogP) is 3.00. The molecule has 0 saturated heterocycles. The van der Waals surface area contributed by atoms with Crippen molar-refractivity contribution < 1.29 is 13.7 Å². The van der Waals surface area contributed by atoms with E-state index in [2.05, 4.69) is 20.9 Å². The van der Waals surface area contributed by atoms with Crippen LogP contribution >= 0.6 is 15.9 Å². The van der Waals surface area contributed by atoms with Gasteiger partial charge < -0.3 is 0 Å². The zero-order valence-corrected chi connectivity index (χ0v) is 8.59. The predicted molar refractivity (Wildman–Crippen MR) is 48.3 cm³/mol. The van der Waals surface area contributed by atoms with Crippen LogP contribution in [0, 0.1) is 17.0 Å². The lowest BCUT2D eigenvalue weighted by Crippen LogP contribution is -2.01. The monoisotopic (exact) mass is 266 g/mol. The van der Waals surface area contributed by atoms with E-state index < -0.39 is 22.6 Å². The van der Waals surface area contributed by atoms with Crippen LogP contribution in [0.2, 0.25) is 0 Å². The summed E-state index contributed by atoms with van der Waals surface area (Å²) < 4.78 is 24.9. The molecular weight excluding hydrogens is 262 g/mol. The van der Waals surface area contributed by atoms with Gasteiger partial charge in [0.2, 0.25) is 0 Å². The maximum Gasteiger partial charge on any atom is 0.295 e. The molecule has 1 aromatic heterocycles. The molecule has 1 rings (SSSR count). The van der Waals surface area contributed by atoms with Gasteiger partial charge in [0.25, 0.3) is 12.1 Å². The molecule has 4 nitrogen and oxygen atoms in total. The van der Waals surface area contributed by atoms with Crippen molar-refractivity contribution >= 4 is 21.6 Å². The second-order valence-corrected chi connectivity index (χ2v) is 3.37. The van der Waals surface area contributed by atoms with Gasteiger partial charge >= 0.3 is 0 Å². The Morgan fingerprint density at radius 2 is 2.21 bits per heavy atom. The van der Waals surface area contributed by atoms with Gasteiger partial charge in [0.05, 0.1) is 10.6 Å². The van der Waals surface area contributed by atoms with Crippen LogP contribution in [-0.4, -0.2) is 9.91 Å². The molecule has 0 saturated carbocycles. The lowest BCUT2D eigenvalue weighted by Gasteiger charge is -2.05. The van der Waals surface area contributed by atoms with Gasteiger partial charge in [-0.3, -0.25) is 15.1 Å². The fourth-order valence-electron chi connectivity index (χ4n) is 1.03. The number of alkyl halides is 2. The summed E-state index contributed by atoms with van der Waals surface area (Å²) in [6.07, 6.45) is -1.76. The molecule has 0 aromatic carbocycles. The van der Waals surface area contributed by atoms with Gasteiger partial charge in [0.1, 0.15) is 10.0 Å². The first-order valence-corrected chi connectivity index (χ1v) is 4.32. The standard InChI is InChI=1S/C7H5BrF2N2O2/c1-3-5(7(9)10)6(12(13)14)4(8)2-11-3/h2,7H,1H3. The van der Waals surface area contributed by atoms with E-state index in [4.69, 9.17) is 0 Å². The molecule has 0 fully saturated rings. The summed E-state index contributed by atoms with van der Waals surface area (Å²) >= 11 is 2.81. The summed E-state index contributed by atoms with van der Waals surface area (Å²) in [5, 5.41) is 10.5. The summed E-state index contributed by atoms with van der Waals surface area (Å²) in [5.74, 6) is 0. The zero-order chi connectivity index (χ0) is 10.9. The molecule has 0 spiro atoms. The highest BCUT2D eigenvalue weighted by Crippen LogP contribution is 2.35. The summed E-state index contributed by atoms with van der Waals surface area (Å²) in [6, 6.07) is 0. The Hall–Kier alpha value is -1.11. The largest absolute Gasteiger partial charge is 0.295 e. The fourth-order valence-corrected chi connectivity index (χ4v) is 1.49. The number of aromatic nitrogens is 1. The topological polar surface area (TPSA) is 56.0 Å². The van der Waals surface area contributed by atoms with Crippen LogP contribution in [0.5, 0.6) is 0 Å². The quantitative estimate of drug-likeness (QED) is 0.611. The molecule has 0 bridgehead atoms. The van der Waals surface area contributed by atoms with Gasteiger partial charge in [0.15, 0.2) is 0 Å². The van der Waals surface area contributed by atoms with Gasteiger partial charge in [-0.05, 0) is 22.9 Å². The summed E-state index contributed by atoms with van der Waals surface area (Å²) in [4.78, 5) is 13.3. The Labute approximate surface area is 86.2 Å². The van der Waals surface area contributed by atoms with Crippen LogP contribution in [0.1, 0.15) is 17.7 Å². The summed E-state index contributed by atoms with van der Waals surface area (Å²) in [6.45, 7) is 1.31. The number of hydrogen-bond acceptors (Lipinski definition) is 3. The van der Waals surface area contributed by atoms with Crippen molar-refractivity contribution in [3.63, 3.8) is 0 Å². The lowest BCUT2D eigenvalue weighted by molar-refractivity contribution is -0.387. The third-order valence-corrected chi connectivity index (χ3v) is 2.22. The molecule has 7 heteroatoms. The number of aryl methyl sites for hydroxylation is 1. The zero-order valence-electron chi connectivity index (χ0n) is 7.00. The van der Waals surface area contributed by atoms with Crippen molar-refractivity contribution in [2.45, 2.75) is 13.3 Å². The molecule has 0 unspecified atom stereocenters. The van der Waals surface area contributed by atoms with E-state index in [-0.39, 0.29) is 10.2 Å². The SMILES string of the molecule is Cc1ncc(Br)c([N+](=O)[O-])c1C(F)F. The highest BCUT2D eigenvalue weighted by molar-refractivity contribution is 9.10. The van der Waals surface area contributed by atoms with E-state index in [9.17, 15) is 18.9 Å². The van der Waals surface area contributed by atoms with E-state index in [1.54, 1.807) is 0 Å². The third-order valence-electron chi connectivity index (χ3n) is 1.64. The van der Waals surface area contributed by atoms with E-state index >= 15 is 0 Å². The van der Waals surface area contributed by atoms with Crippen LogP contribution in [0.3, 0.4) is 0 Å². The molecule has 0 aliphatic heterocycles. The molecule has 14 heavy (non-hydrogen) atoms. The van der Waals surface area contributed by atoms with Crippen LogP contribution in [-0.2, 0) is 0 Å². The first-order chi connectivity index (χ1) is 6.45. The Balaban J connectivity index is 3.50. The summed E-state index contributed by atoms with van der Waals surface area (Å²) in [5.41, 5.74) is -1.29. The molecular formula is C7H5BrF2N2O2. The maximum absolute atomic E-state index is 12.5. The second kappa shape index (κ2) is 3.95. The van der Waals surface area contributed by atoms with Gasteiger partial charge in [-0.25, -0.2) is 8.78 Å². The van der Waals surface area contributed by atoms with Gasteiger partial charge in [-0.1, -0.05) is 0 Å². The Kier molecular flexibility index (Phi) is 3.10. The Morgan fingerprint density at radius 1 is 1.64 bits per heavy atom. The molecule has 0 aliphatic rings. The molecule has 0 aliphatic carbocycles. The first kappa shape index (κ1) is 11.0. The minimum absolute atomic E-state index is 0.0325. The number of hydrogen-bond donors (Lipinski definition) is 0. The average molecular weight is 267 g/mol. The van der Waals surface area contributed by atoms with Gasteiger partial charge in [-0.15, -0.1) is 0 Å². The van der Waals surface area contributed by atoms with E-state index in [1.807, 2.05) is 0 Å². The molecule has 1 aromatic rings. The molecule has 0 atom stereocenters. The number of halogens is 3. The minimum Gasteiger partial charge on any atom is -0.259 e. The van der Waals surface area contributed by atoms with Crippen molar-refractivity contribution in [1.29, 1.82) is 0 Å². The van der Waals surface area contributed by atoms with Crippen molar-refractivity contribution in [1.82, 2.24) is 4.98 Å². The minimum atomic E-state index is -2.90. The lowest BCUT2D eigenvalue weighted by atomic mass is 10.2. The van der Waals surface area contributed by atoms with E-state index in [0.29, 0.717) is 0 Å². The van der Waals surface area contributed by atoms with Crippen LogP contribution in [0.25, 0.3) is 0 Å². The highest BCUT2D eigenvalue weighted by atomic mass is 79.9. The number of pyridine rings is 1. The average Bonchev–Trinajstić information content (AvgIpc) is 2.07. The normalized spacial score (nSPS) is 10.6. The number of rotatable bonds is 2. The van der Waals surface area contributed by atoms with Gasteiger partial charge in [-0.2, -0.15) is 0 Å². The van der Waals surface area contributed by atoms with E-state index in [0.717, 1.165) is 6.20 Å². The summed E-state index contributed by atoms with van der Waals surface area (Å²) in [7, 11) is 0. The number of nitro groups is 1. The van der Waals surface area contributed by atoms with Crippen molar-refractivity contribution in [3.05, 3.63) is 32.0 Å². The molecule has 76 valence electrons. The Bertz CT molecular complexity index is 384. The van der Waals surface area contributed by atoms with Crippen molar-refractivity contribution in [3.8, 4) is 0 Å². The highest BCUT2D eigenvalue weighted by Gasteiger charge is 2.27. The first-order valence-electron chi connectivity index (χ1n) is 3.52.